The molecule has 2 aliphatic rings. The van der Waals surface area contributed by atoms with Crippen LogP contribution in [-0.4, -0.2) is 50.6 Å². The fourth-order valence-corrected chi connectivity index (χ4v) is 4.71. The Kier molecular flexibility index (Phi) is 8.16. The molecule has 1 aromatic carbocycles. The average molecular weight is 388 g/mol. The smallest absolute Gasteiger partial charge is 0.220 e. The topological polar surface area (TPSA) is 53.6 Å². The van der Waals surface area contributed by atoms with Crippen molar-refractivity contribution in [3.8, 4) is 5.75 Å². The van der Waals surface area contributed by atoms with Crippen molar-refractivity contribution < 1.29 is 9.53 Å². The number of nitrogens with one attached hydrogen (secondary N) is 2. The molecule has 0 saturated carbocycles. The van der Waals surface area contributed by atoms with Gasteiger partial charge in [0.15, 0.2) is 0 Å². The van der Waals surface area contributed by atoms with E-state index in [4.69, 9.17) is 4.74 Å². The van der Waals surface area contributed by atoms with Crippen LogP contribution in [0.15, 0.2) is 24.3 Å². The minimum atomic E-state index is 0.173. The third kappa shape index (κ3) is 5.71. The summed E-state index contributed by atoms with van der Waals surface area (Å²) in [5.41, 5.74) is 1.18. The van der Waals surface area contributed by atoms with Crippen LogP contribution in [0.2, 0.25) is 0 Å². The van der Waals surface area contributed by atoms with Gasteiger partial charge in [0.25, 0.3) is 0 Å². The normalized spacial score (nSPS) is 23.0. The van der Waals surface area contributed by atoms with E-state index in [-0.39, 0.29) is 11.9 Å². The number of piperidine rings is 2. The largest absolute Gasteiger partial charge is 0.496 e. The highest BCUT2D eigenvalue weighted by atomic mass is 16.5. The Bertz CT molecular complexity index is 610. The number of rotatable bonds is 8. The van der Waals surface area contributed by atoms with Gasteiger partial charge in [-0.25, -0.2) is 0 Å². The summed E-state index contributed by atoms with van der Waals surface area (Å²) in [6, 6.07) is 8.41. The lowest BCUT2D eigenvalue weighted by atomic mass is 9.85. The first-order chi connectivity index (χ1) is 13.7. The molecule has 3 rings (SSSR count). The van der Waals surface area contributed by atoms with E-state index in [2.05, 4.69) is 34.6 Å². The highest BCUT2D eigenvalue weighted by Gasteiger charge is 2.26. The molecule has 0 aliphatic carbocycles. The zero-order valence-electron chi connectivity index (χ0n) is 17.6. The second-order valence-electron chi connectivity index (χ2n) is 8.45. The Morgan fingerprint density at radius 1 is 1.25 bits per heavy atom. The molecule has 3 atom stereocenters. The van der Waals surface area contributed by atoms with E-state index in [1.807, 2.05) is 12.1 Å². The van der Waals surface area contributed by atoms with E-state index in [1.165, 1.54) is 37.7 Å². The lowest BCUT2D eigenvalue weighted by molar-refractivity contribution is -0.122. The maximum atomic E-state index is 12.7. The number of para-hydroxylation sites is 1. The van der Waals surface area contributed by atoms with Crippen LogP contribution in [0.5, 0.6) is 5.75 Å². The molecule has 28 heavy (non-hydrogen) atoms. The van der Waals surface area contributed by atoms with Gasteiger partial charge < -0.3 is 15.4 Å². The first kappa shape index (κ1) is 21.1. The van der Waals surface area contributed by atoms with E-state index in [9.17, 15) is 4.79 Å². The van der Waals surface area contributed by atoms with Crippen molar-refractivity contribution in [1.29, 1.82) is 0 Å². The van der Waals surface area contributed by atoms with Crippen LogP contribution in [0.4, 0.5) is 0 Å². The molecule has 1 amide bonds. The zero-order chi connectivity index (χ0) is 19.8. The van der Waals surface area contributed by atoms with Crippen LogP contribution in [0.3, 0.4) is 0 Å². The summed E-state index contributed by atoms with van der Waals surface area (Å²) < 4.78 is 5.62. The first-order valence-corrected chi connectivity index (χ1v) is 11.0. The number of hydrogen-bond acceptors (Lipinski definition) is 4. The molecule has 2 N–H and O–H groups in total. The fourth-order valence-electron chi connectivity index (χ4n) is 4.71. The molecule has 0 bridgehead atoms. The highest BCUT2D eigenvalue weighted by molar-refractivity contribution is 5.76. The minimum absolute atomic E-state index is 0.173. The predicted molar refractivity (Wildman–Crippen MR) is 114 cm³/mol. The van der Waals surface area contributed by atoms with Gasteiger partial charge >= 0.3 is 0 Å². The summed E-state index contributed by atoms with van der Waals surface area (Å²) in [5, 5.41) is 6.71. The number of carbonyl (C=O) groups is 1. The van der Waals surface area contributed by atoms with Crippen LogP contribution in [0.1, 0.15) is 57.1 Å². The molecule has 5 heteroatoms. The molecule has 2 fully saturated rings. The molecule has 3 unspecified atom stereocenters. The second-order valence-corrected chi connectivity index (χ2v) is 8.45. The van der Waals surface area contributed by atoms with Crippen LogP contribution >= 0.6 is 0 Å². The molecule has 5 nitrogen and oxygen atoms in total. The number of carbonyl (C=O) groups excluding carboxylic acids is 1. The van der Waals surface area contributed by atoms with Crippen molar-refractivity contribution in [2.75, 3.05) is 39.8 Å². The standard InChI is InChI=1S/C23H37N3O2/c1-18(19-9-8-12-24-16-19)15-23(27)25-17-21(26-13-6-3-7-14-26)20-10-4-5-11-22(20)28-2/h4-5,10-11,18-19,21,24H,3,6-9,12-17H2,1-2H3,(H,25,27). The van der Waals surface area contributed by atoms with E-state index in [1.54, 1.807) is 7.11 Å². The molecule has 0 aromatic heterocycles. The molecule has 0 spiro atoms. The second kappa shape index (κ2) is 10.8. The Labute approximate surface area is 170 Å². The maximum Gasteiger partial charge on any atom is 0.220 e. The van der Waals surface area contributed by atoms with Gasteiger partial charge in [0.05, 0.1) is 13.2 Å². The Hall–Kier alpha value is -1.59. The van der Waals surface area contributed by atoms with E-state index in [0.29, 0.717) is 24.8 Å². The molecule has 2 heterocycles. The Balaban J connectivity index is 1.61. The van der Waals surface area contributed by atoms with Crippen molar-refractivity contribution in [3.05, 3.63) is 29.8 Å². The summed E-state index contributed by atoms with van der Waals surface area (Å²) in [6.45, 7) is 7.21. The maximum absolute atomic E-state index is 12.7. The van der Waals surface area contributed by atoms with Gasteiger partial charge in [0.2, 0.25) is 5.91 Å². The average Bonchev–Trinajstić information content (AvgIpc) is 2.75. The van der Waals surface area contributed by atoms with Crippen LogP contribution in [0.25, 0.3) is 0 Å². The predicted octanol–water partition coefficient (Wildman–Crippen LogP) is 3.36. The quantitative estimate of drug-likeness (QED) is 0.718. The SMILES string of the molecule is COc1ccccc1C(CNC(=O)CC(C)C1CCCNC1)N1CCCCC1. The van der Waals surface area contributed by atoms with E-state index in [0.717, 1.165) is 31.9 Å². The molecular formula is C23H37N3O2. The van der Waals surface area contributed by atoms with Crippen LogP contribution in [-0.2, 0) is 4.79 Å². The van der Waals surface area contributed by atoms with E-state index < -0.39 is 0 Å². The summed E-state index contributed by atoms with van der Waals surface area (Å²) >= 11 is 0. The van der Waals surface area contributed by atoms with Gasteiger partial charge in [0.1, 0.15) is 5.75 Å². The fraction of sp³-hybridized carbons (Fsp3) is 0.696. The lowest BCUT2D eigenvalue weighted by Gasteiger charge is -2.35. The third-order valence-electron chi connectivity index (χ3n) is 6.47. The summed E-state index contributed by atoms with van der Waals surface area (Å²) in [7, 11) is 1.73. The summed E-state index contributed by atoms with van der Waals surface area (Å²) in [4.78, 5) is 15.2. The number of benzene rings is 1. The minimum Gasteiger partial charge on any atom is -0.496 e. The van der Waals surface area contributed by atoms with Crippen LogP contribution < -0.4 is 15.4 Å². The van der Waals surface area contributed by atoms with Crippen LogP contribution in [0, 0.1) is 11.8 Å². The monoisotopic (exact) mass is 387 g/mol. The van der Waals surface area contributed by atoms with Gasteiger partial charge in [-0.2, -0.15) is 0 Å². The zero-order valence-corrected chi connectivity index (χ0v) is 17.6. The number of methoxy groups -OCH3 is 1. The number of likely N-dealkylation sites (tertiary alicyclic amines) is 1. The lowest BCUT2D eigenvalue weighted by Crippen LogP contribution is -2.41. The molecule has 0 radical (unpaired) electrons. The highest BCUT2D eigenvalue weighted by Crippen LogP contribution is 2.31. The molecular weight excluding hydrogens is 350 g/mol. The van der Waals surface area contributed by atoms with Gasteiger partial charge in [0, 0.05) is 18.5 Å². The van der Waals surface area contributed by atoms with Gasteiger partial charge in [-0.15, -0.1) is 0 Å². The summed E-state index contributed by atoms with van der Waals surface area (Å²) in [5.74, 6) is 2.13. The Morgan fingerprint density at radius 2 is 2.04 bits per heavy atom. The Morgan fingerprint density at radius 3 is 2.75 bits per heavy atom. The van der Waals surface area contributed by atoms with Crippen molar-refractivity contribution in [1.82, 2.24) is 15.5 Å². The molecule has 2 saturated heterocycles. The van der Waals surface area contributed by atoms with Crippen molar-refractivity contribution in [3.63, 3.8) is 0 Å². The van der Waals surface area contributed by atoms with Crippen molar-refractivity contribution in [2.24, 2.45) is 11.8 Å². The third-order valence-corrected chi connectivity index (χ3v) is 6.47. The number of nitrogens with zero attached hydrogens (tertiary/aromatic N) is 1. The van der Waals surface area contributed by atoms with E-state index >= 15 is 0 Å². The summed E-state index contributed by atoms with van der Waals surface area (Å²) in [6.07, 6.45) is 6.83. The van der Waals surface area contributed by atoms with Gasteiger partial charge in [-0.05, 0) is 69.8 Å². The number of amides is 1. The van der Waals surface area contributed by atoms with Crippen molar-refractivity contribution >= 4 is 5.91 Å². The number of hydrogen-bond donors (Lipinski definition) is 2. The number of ether oxygens (including phenoxy) is 1. The molecule has 1 aromatic rings. The van der Waals surface area contributed by atoms with Gasteiger partial charge in [-0.3, -0.25) is 9.69 Å². The van der Waals surface area contributed by atoms with Crippen molar-refractivity contribution in [2.45, 2.75) is 51.5 Å². The molecule has 156 valence electrons. The molecule has 2 aliphatic heterocycles. The first-order valence-electron chi connectivity index (χ1n) is 11.0. The van der Waals surface area contributed by atoms with Gasteiger partial charge in [-0.1, -0.05) is 31.5 Å².